The Hall–Kier alpha value is -0.510. The summed E-state index contributed by atoms with van der Waals surface area (Å²) in [5, 5.41) is 3.55. The molecule has 1 aromatic carbocycles. The molecular formula is C18H30N2S. The lowest BCUT2D eigenvalue weighted by Crippen LogP contribution is -2.37. The van der Waals surface area contributed by atoms with E-state index in [-0.39, 0.29) is 5.54 Å². The Kier molecular flexibility index (Phi) is 6.59. The van der Waals surface area contributed by atoms with E-state index in [1.165, 1.54) is 42.1 Å². The molecule has 1 aliphatic heterocycles. The van der Waals surface area contributed by atoms with Gasteiger partial charge in [-0.05, 0) is 63.6 Å². The molecule has 118 valence electrons. The Labute approximate surface area is 134 Å². The SMILES string of the molecule is CC(C)(C)NCCc1ccc(CN2CCCSCC2)cc1. The van der Waals surface area contributed by atoms with E-state index in [0.717, 1.165) is 19.5 Å². The van der Waals surface area contributed by atoms with E-state index in [9.17, 15) is 0 Å². The molecule has 1 N–H and O–H groups in total. The predicted octanol–water partition coefficient (Wildman–Crippen LogP) is 3.56. The van der Waals surface area contributed by atoms with Gasteiger partial charge in [0.25, 0.3) is 0 Å². The molecule has 0 saturated carbocycles. The van der Waals surface area contributed by atoms with Crippen molar-refractivity contribution in [3.63, 3.8) is 0 Å². The van der Waals surface area contributed by atoms with Gasteiger partial charge in [-0.15, -0.1) is 0 Å². The van der Waals surface area contributed by atoms with Gasteiger partial charge in [-0.2, -0.15) is 11.8 Å². The number of hydrogen-bond acceptors (Lipinski definition) is 3. The normalized spacial score (nSPS) is 17.7. The minimum atomic E-state index is 0.213. The molecule has 3 heteroatoms. The maximum Gasteiger partial charge on any atom is 0.0234 e. The summed E-state index contributed by atoms with van der Waals surface area (Å²) in [6.45, 7) is 11.3. The first-order valence-corrected chi connectivity index (χ1v) is 9.31. The van der Waals surface area contributed by atoms with E-state index in [0.29, 0.717) is 0 Å². The topological polar surface area (TPSA) is 15.3 Å². The van der Waals surface area contributed by atoms with Gasteiger partial charge in [-0.1, -0.05) is 24.3 Å². The highest BCUT2D eigenvalue weighted by atomic mass is 32.2. The Balaban J connectivity index is 1.78. The third-order valence-corrected chi connectivity index (χ3v) is 4.86. The standard InChI is InChI=1S/C18H30N2S/c1-18(2,3)19-10-9-16-5-7-17(8-6-16)15-20-11-4-13-21-14-12-20/h5-8,19H,4,9-15H2,1-3H3. The molecule has 0 unspecified atom stereocenters. The number of hydrogen-bond donors (Lipinski definition) is 1. The zero-order valence-corrected chi connectivity index (χ0v) is 14.6. The fraction of sp³-hybridized carbons (Fsp3) is 0.667. The highest BCUT2D eigenvalue weighted by Gasteiger charge is 2.10. The first-order chi connectivity index (χ1) is 10.0. The zero-order chi connectivity index (χ0) is 15.1. The first-order valence-electron chi connectivity index (χ1n) is 8.16. The monoisotopic (exact) mass is 306 g/mol. The number of nitrogens with one attached hydrogen (secondary N) is 1. The molecule has 0 aliphatic carbocycles. The molecule has 2 nitrogen and oxygen atoms in total. The molecule has 0 aromatic heterocycles. The predicted molar refractivity (Wildman–Crippen MR) is 95.1 cm³/mol. The van der Waals surface area contributed by atoms with Crippen molar-refractivity contribution >= 4 is 11.8 Å². The van der Waals surface area contributed by atoms with Crippen LogP contribution in [0.4, 0.5) is 0 Å². The lowest BCUT2D eigenvalue weighted by Gasteiger charge is -2.21. The minimum Gasteiger partial charge on any atom is -0.312 e. The van der Waals surface area contributed by atoms with Crippen LogP contribution in [0, 0.1) is 0 Å². The summed E-state index contributed by atoms with van der Waals surface area (Å²) in [6, 6.07) is 9.22. The summed E-state index contributed by atoms with van der Waals surface area (Å²) in [5.74, 6) is 2.62. The van der Waals surface area contributed by atoms with Crippen LogP contribution in [0.15, 0.2) is 24.3 Å². The third kappa shape index (κ3) is 6.86. The van der Waals surface area contributed by atoms with E-state index in [1.54, 1.807) is 0 Å². The molecular weight excluding hydrogens is 276 g/mol. The number of nitrogens with zero attached hydrogens (tertiary/aromatic N) is 1. The molecule has 1 heterocycles. The van der Waals surface area contributed by atoms with Crippen LogP contribution in [-0.2, 0) is 13.0 Å². The van der Waals surface area contributed by atoms with Crippen LogP contribution < -0.4 is 5.32 Å². The van der Waals surface area contributed by atoms with E-state index >= 15 is 0 Å². The summed E-state index contributed by atoms with van der Waals surface area (Å²) >= 11 is 2.09. The average molecular weight is 307 g/mol. The molecule has 0 atom stereocenters. The molecule has 0 bridgehead atoms. The quantitative estimate of drug-likeness (QED) is 0.895. The van der Waals surface area contributed by atoms with Crippen LogP contribution in [0.5, 0.6) is 0 Å². The second-order valence-electron chi connectivity index (χ2n) is 6.99. The molecule has 0 spiro atoms. The lowest BCUT2D eigenvalue weighted by molar-refractivity contribution is 0.287. The Morgan fingerprint density at radius 3 is 2.48 bits per heavy atom. The third-order valence-electron chi connectivity index (χ3n) is 3.81. The maximum absolute atomic E-state index is 3.55. The lowest BCUT2D eigenvalue weighted by atomic mass is 10.1. The van der Waals surface area contributed by atoms with Crippen LogP contribution in [0.25, 0.3) is 0 Å². The van der Waals surface area contributed by atoms with Crippen LogP contribution in [0.2, 0.25) is 0 Å². The van der Waals surface area contributed by atoms with Gasteiger partial charge in [-0.25, -0.2) is 0 Å². The molecule has 21 heavy (non-hydrogen) atoms. The zero-order valence-electron chi connectivity index (χ0n) is 13.8. The van der Waals surface area contributed by atoms with Crippen molar-refractivity contribution in [2.24, 2.45) is 0 Å². The molecule has 0 amide bonds. The van der Waals surface area contributed by atoms with Crippen molar-refractivity contribution in [2.75, 3.05) is 31.1 Å². The van der Waals surface area contributed by atoms with Gasteiger partial charge in [0.1, 0.15) is 0 Å². The van der Waals surface area contributed by atoms with Gasteiger partial charge in [0.05, 0.1) is 0 Å². The fourth-order valence-electron chi connectivity index (χ4n) is 2.61. The van der Waals surface area contributed by atoms with Gasteiger partial charge in [0, 0.05) is 24.4 Å². The smallest absolute Gasteiger partial charge is 0.0234 e. The summed E-state index contributed by atoms with van der Waals surface area (Å²) in [6.07, 6.45) is 2.44. The summed E-state index contributed by atoms with van der Waals surface area (Å²) in [5.41, 5.74) is 3.10. The van der Waals surface area contributed by atoms with Crippen LogP contribution in [0.1, 0.15) is 38.3 Å². The summed E-state index contributed by atoms with van der Waals surface area (Å²) < 4.78 is 0. The van der Waals surface area contributed by atoms with Crippen LogP contribution in [-0.4, -0.2) is 41.6 Å². The van der Waals surface area contributed by atoms with Gasteiger partial charge in [0.15, 0.2) is 0 Å². The van der Waals surface area contributed by atoms with Crippen LogP contribution >= 0.6 is 11.8 Å². The van der Waals surface area contributed by atoms with E-state index in [1.807, 2.05) is 0 Å². The average Bonchev–Trinajstić information content (AvgIpc) is 2.68. The number of rotatable bonds is 5. The van der Waals surface area contributed by atoms with Gasteiger partial charge >= 0.3 is 0 Å². The van der Waals surface area contributed by atoms with Crippen molar-refractivity contribution in [1.29, 1.82) is 0 Å². The number of thioether (sulfide) groups is 1. The van der Waals surface area contributed by atoms with Crippen molar-refractivity contribution in [3.05, 3.63) is 35.4 Å². The highest BCUT2D eigenvalue weighted by molar-refractivity contribution is 7.99. The van der Waals surface area contributed by atoms with Gasteiger partial charge in [0.2, 0.25) is 0 Å². The molecule has 0 radical (unpaired) electrons. The molecule has 1 aromatic rings. The van der Waals surface area contributed by atoms with E-state index in [2.05, 4.69) is 67.0 Å². The molecule has 2 rings (SSSR count). The molecule has 1 saturated heterocycles. The van der Waals surface area contributed by atoms with Crippen molar-refractivity contribution < 1.29 is 0 Å². The largest absolute Gasteiger partial charge is 0.312 e. The van der Waals surface area contributed by atoms with Gasteiger partial charge in [-0.3, -0.25) is 4.90 Å². The van der Waals surface area contributed by atoms with Crippen molar-refractivity contribution in [3.8, 4) is 0 Å². The Morgan fingerprint density at radius 1 is 1.05 bits per heavy atom. The Morgan fingerprint density at radius 2 is 1.76 bits per heavy atom. The molecule has 1 fully saturated rings. The van der Waals surface area contributed by atoms with Crippen molar-refractivity contribution in [2.45, 2.75) is 45.7 Å². The Bertz CT molecular complexity index is 400. The maximum atomic E-state index is 3.55. The number of benzene rings is 1. The summed E-state index contributed by atoms with van der Waals surface area (Å²) in [4.78, 5) is 2.59. The second kappa shape index (κ2) is 8.21. The fourth-order valence-corrected chi connectivity index (χ4v) is 3.53. The highest BCUT2D eigenvalue weighted by Crippen LogP contribution is 2.14. The van der Waals surface area contributed by atoms with Crippen LogP contribution in [0.3, 0.4) is 0 Å². The van der Waals surface area contributed by atoms with E-state index in [4.69, 9.17) is 0 Å². The van der Waals surface area contributed by atoms with Gasteiger partial charge < -0.3 is 5.32 Å². The minimum absolute atomic E-state index is 0.213. The molecule has 1 aliphatic rings. The first kappa shape index (κ1) is 16.9. The second-order valence-corrected chi connectivity index (χ2v) is 8.21. The van der Waals surface area contributed by atoms with Crippen molar-refractivity contribution in [1.82, 2.24) is 10.2 Å². The van der Waals surface area contributed by atoms with E-state index < -0.39 is 0 Å². The summed E-state index contributed by atoms with van der Waals surface area (Å²) in [7, 11) is 0.